The molecule has 0 aliphatic rings. The summed E-state index contributed by atoms with van der Waals surface area (Å²) in [7, 11) is 0. The van der Waals surface area contributed by atoms with Gasteiger partial charge in [-0.05, 0) is 12.3 Å². The van der Waals surface area contributed by atoms with Crippen LogP contribution in [0.25, 0.3) is 0 Å². The highest BCUT2D eigenvalue weighted by atomic mass is 19.4. The molecule has 0 aromatic carbocycles. The molecule has 1 N–H and O–H groups in total. The molecule has 0 heterocycles. The third kappa shape index (κ3) is 5.14. The molecule has 0 aliphatic carbocycles. The van der Waals surface area contributed by atoms with E-state index in [0.29, 0.717) is 12.8 Å². The summed E-state index contributed by atoms with van der Waals surface area (Å²) in [4.78, 5) is 0. The minimum absolute atomic E-state index is 0.336. The maximum absolute atomic E-state index is 12.2. The van der Waals surface area contributed by atoms with Crippen molar-refractivity contribution in [2.45, 2.75) is 51.6 Å². The number of hydrogen-bond donors (Lipinski definition) is 1. The van der Waals surface area contributed by atoms with E-state index in [4.69, 9.17) is 0 Å². The van der Waals surface area contributed by atoms with Crippen LogP contribution in [0, 0.1) is 11.8 Å². The van der Waals surface area contributed by atoms with Crippen molar-refractivity contribution in [1.29, 1.82) is 0 Å². The van der Waals surface area contributed by atoms with E-state index in [-0.39, 0.29) is 5.92 Å². The monoisotopic (exact) mass is 266 g/mol. The smallest absolute Gasteiger partial charge is 0.392 e. The van der Waals surface area contributed by atoms with Crippen LogP contribution in [0.4, 0.5) is 26.3 Å². The van der Waals surface area contributed by atoms with Gasteiger partial charge in [-0.1, -0.05) is 26.7 Å². The van der Waals surface area contributed by atoms with Gasteiger partial charge in [-0.2, -0.15) is 26.3 Å². The largest absolute Gasteiger partial charge is 0.403 e. The summed E-state index contributed by atoms with van der Waals surface area (Å²) in [6, 6.07) is 0. The van der Waals surface area contributed by atoms with Crippen molar-refractivity contribution in [1.82, 2.24) is 0 Å². The Morgan fingerprint density at radius 3 is 1.47 bits per heavy atom. The fourth-order valence-corrected chi connectivity index (χ4v) is 1.72. The molecule has 0 fully saturated rings. The zero-order chi connectivity index (χ0) is 13.9. The highest BCUT2D eigenvalue weighted by molar-refractivity contribution is 4.83. The molecule has 0 bridgehead atoms. The van der Waals surface area contributed by atoms with Crippen molar-refractivity contribution >= 4 is 0 Å². The molecule has 0 rings (SSSR count). The minimum atomic E-state index is -5.47. The standard InChI is InChI=1S/C10H16F6O/c1-3-6(4-2)5-7(17)8(9(11,12)13)10(14,15)16/h6-8,17H,3-5H2,1-2H3. The number of hydrogen-bond acceptors (Lipinski definition) is 1. The number of aliphatic hydroxyl groups excluding tert-OH is 1. The number of rotatable bonds is 5. The van der Waals surface area contributed by atoms with E-state index < -0.39 is 30.8 Å². The van der Waals surface area contributed by atoms with E-state index in [9.17, 15) is 31.4 Å². The van der Waals surface area contributed by atoms with Gasteiger partial charge in [0.15, 0.2) is 5.92 Å². The average molecular weight is 266 g/mol. The van der Waals surface area contributed by atoms with Crippen molar-refractivity contribution in [3.05, 3.63) is 0 Å². The molecule has 1 nitrogen and oxygen atoms in total. The zero-order valence-corrected chi connectivity index (χ0v) is 9.57. The number of alkyl halides is 6. The van der Waals surface area contributed by atoms with E-state index in [0.717, 1.165) is 0 Å². The Kier molecular flexibility index (Phi) is 5.77. The molecule has 0 aromatic rings. The summed E-state index contributed by atoms with van der Waals surface area (Å²) < 4.78 is 73.5. The summed E-state index contributed by atoms with van der Waals surface area (Å²) >= 11 is 0. The normalized spacial score (nSPS) is 15.7. The first kappa shape index (κ1) is 16.5. The molecular formula is C10H16F6O. The molecule has 0 saturated heterocycles. The van der Waals surface area contributed by atoms with E-state index >= 15 is 0 Å². The highest BCUT2D eigenvalue weighted by Crippen LogP contribution is 2.43. The van der Waals surface area contributed by atoms with Crippen molar-refractivity contribution in [2.75, 3.05) is 0 Å². The molecule has 0 radical (unpaired) electrons. The van der Waals surface area contributed by atoms with Crippen molar-refractivity contribution in [3.63, 3.8) is 0 Å². The van der Waals surface area contributed by atoms with Crippen LogP contribution in [0.5, 0.6) is 0 Å². The molecule has 0 aromatic heterocycles. The molecule has 104 valence electrons. The van der Waals surface area contributed by atoms with Crippen LogP contribution in [0.15, 0.2) is 0 Å². The SMILES string of the molecule is CCC(CC)CC(O)C(C(F)(F)F)C(F)(F)F. The first-order valence-electron chi connectivity index (χ1n) is 5.35. The van der Waals surface area contributed by atoms with E-state index in [1.165, 1.54) is 0 Å². The van der Waals surface area contributed by atoms with Crippen LogP contribution >= 0.6 is 0 Å². The Labute approximate surface area is 95.8 Å². The lowest BCUT2D eigenvalue weighted by Crippen LogP contribution is -2.45. The Morgan fingerprint density at radius 1 is 0.882 bits per heavy atom. The predicted octanol–water partition coefficient (Wildman–Crippen LogP) is 3.91. The second kappa shape index (κ2) is 5.93. The highest BCUT2D eigenvalue weighted by Gasteiger charge is 2.60. The van der Waals surface area contributed by atoms with Gasteiger partial charge in [0.1, 0.15) is 0 Å². The average Bonchev–Trinajstić information content (AvgIpc) is 2.09. The van der Waals surface area contributed by atoms with Crippen LogP contribution in [-0.2, 0) is 0 Å². The molecular weight excluding hydrogens is 250 g/mol. The lowest BCUT2D eigenvalue weighted by molar-refractivity contribution is -0.307. The summed E-state index contributed by atoms with van der Waals surface area (Å²) in [6.45, 7) is 3.33. The molecule has 0 saturated carbocycles. The van der Waals surface area contributed by atoms with Gasteiger partial charge in [0.2, 0.25) is 0 Å². The Hall–Kier alpha value is -0.460. The topological polar surface area (TPSA) is 20.2 Å². The zero-order valence-electron chi connectivity index (χ0n) is 9.57. The van der Waals surface area contributed by atoms with Crippen LogP contribution in [0.3, 0.4) is 0 Å². The van der Waals surface area contributed by atoms with Gasteiger partial charge in [-0.15, -0.1) is 0 Å². The maximum atomic E-state index is 12.2. The van der Waals surface area contributed by atoms with Gasteiger partial charge in [0.25, 0.3) is 0 Å². The number of halogens is 6. The summed E-state index contributed by atoms with van der Waals surface area (Å²) in [6.07, 6.45) is -13.0. The predicted molar refractivity (Wildman–Crippen MR) is 50.3 cm³/mol. The van der Waals surface area contributed by atoms with Crippen molar-refractivity contribution < 1.29 is 31.4 Å². The van der Waals surface area contributed by atoms with E-state index in [1.807, 2.05) is 0 Å². The summed E-state index contributed by atoms with van der Waals surface area (Å²) in [5, 5.41) is 9.17. The third-order valence-electron chi connectivity index (χ3n) is 2.82. The van der Waals surface area contributed by atoms with Crippen LogP contribution in [0.1, 0.15) is 33.1 Å². The molecule has 17 heavy (non-hydrogen) atoms. The van der Waals surface area contributed by atoms with Gasteiger partial charge in [-0.3, -0.25) is 0 Å². The minimum Gasteiger partial charge on any atom is -0.392 e. The second-order valence-electron chi connectivity index (χ2n) is 4.05. The fourth-order valence-electron chi connectivity index (χ4n) is 1.72. The van der Waals surface area contributed by atoms with Gasteiger partial charge in [0, 0.05) is 0 Å². The molecule has 1 unspecified atom stereocenters. The van der Waals surface area contributed by atoms with Crippen LogP contribution in [0.2, 0.25) is 0 Å². The van der Waals surface area contributed by atoms with E-state index in [2.05, 4.69) is 0 Å². The molecule has 0 aliphatic heterocycles. The van der Waals surface area contributed by atoms with E-state index in [1.54, 1.807) is 13.8 Å². The van der Waals surface area contributed by atoms with Crippen molar-refractivity contribution in [3.8, 4) is 0 Å². The maximum Gasteiger partial charge on any atom is 0.403 e. The van der Waals surface area contributed by atoms with Gasteiger partial charge in [-0.25, -0.2) is 0 Å². The lowest BCUT2D eigenvalue weighted by atomic mass is 9.89. The molecule has 0 amide bonds. The molecule has 7 heteroatoms. The Balaban J connectivity index is 4.84. The molecule has 0 spiro atoms. The third-order valence-corrected chi connectivity index (χ3v) is 2.82. The summed E-state index contributed by atoms with van der Waals surface area (Å²) in [5.74, 6) is -3.99. The van der Waals surface area contributed by atoms with Gasteiger partial charge in [0.05, 0.1) is 6.10 Å². The lowest BCUT2D eigenvalue weighted by Gasteiger charge is -2.29. The Bertz CT molecular complexity index is 204. The van der Waals surface area contributed by atoms with Crippen molar-refractivity contribution in [2.24, 2.45) is 11.8 Å². The summed E-state index contributed by atoms with van der Waals surface area (Å²) in [5.41, 5.74) is 0. The number of aliphatic hydroxyl groups is 1. The quantitative estimate of drug-likeness (QED) is 0.748. The van der Waals surface area contributed by atoms with Crippen LogP contribution < -0.4 is 0 Å². The fraction of sp³-hybridized carbons (Fsp3) is 1.00. The molecule has 1 atom stereocenters. The van der Waals surface area contributed by atoms with Crippen LogP contribution in [-0.4, -0.2) is 23.6 Å². The first-order valence-corrected chi connectivity index (χ1v) is 5.35. The Morgan fingerprint density at radius 2 is 1.24 bits per heavy atom. The second-order valence-corrected chi connectivity index (χ2v) is 4.05. The van der Waals surface area contributed by atoms with Gasteiger partial charge >= 0.3 is 12.4 Å². The first-order chi connectivity index (χ1) is 7.54. The van der Waals surface area contributed by atoms with Gasteiger partial charge < -0.3 is 5.11 Å².